The molecule has 1 fully saturated rings. The summed E-state index contributed by atoms with van der Waals surface area (Å²) in [4.78, 5) is 16.6. The van der Waals surface area contributed by atoms with Crippen molar-refractivity contribution >= 4 is 22.7 Å². The maximum Gasteiger partial charge on any atom is 0.243 e. The number of hydrazone groups is 1. The minimum absolute atomic E-state index is 0.0139. The second-order valence-electron chi connectivity index (χ2n) is 6.67. The molecule has 2 heterocycles. The largest absolute Gasteiger partial charge is 0.440 e. The van der Waals surface area contributed by atoms with Gasteiger partial charge in [-0.3, -0.25) is 4.79 Å². The molecule has 2 aromatic rings. The van der Waals surface area contributed by atoms with Gasteiger partial charge in [0, 0.05) is 23.3 Å². The highest BCUT2D eigenvalue weighted by Crippen LogP contribution is 2.40. The fourth-order valence-corrected chi connectivity index (χ4v) is 3.34. The first-order chi connectivity index (χ1) is 11.2. The molecule has 5 nitrogen and oxygen atoms in total. The van der Waals surface area contributed by atoms with Crippen molar-refractivity contribution in [2.45, 2.75) is 45.4 Å². The molecular weight excluding hydrogens is 290 g/mol. The number of benzene rings is 1. The molecule has 23 heavy (non-hydrogen) atoms. The van der Waals surface area contributed by atoms with Gasteiger partial charge in [0.2, 0.25) is 5.91 Å². The van der Waals surface area contributed by atoms with E-state index in [1.807, 2.05) is 18.2 Å². The minimum Gasteiger partial charge on any atom is -0.440 e. The Hall–Kier alpha value is -2.17. The van der Waals surface area contributed by atoms with E-state index < -0.39 is 0 Å². The van der Waals surface area contributed by atoms with Crippen LogP contribution >= 0.6 is 0 Å². The molecule has 1 amide bonds. The van der Waals surface area contributed by atoms with E-state index in [1.54, 1.807) is 0 Å². The molecule has 2 atom stereocenters. The van der Waals surface area contributed by atoms with Crippen LogP contribution in [0.1, 0.15) is 56.9 Å². The predicted octanol–water partition coefficient (Wildman–Crippen LogP) is 3.59. The van der Waals surface area contributed by atoms with Gasteiger partial charge >= 0.3 is 0 Å². The van der Waals surface area contributed by atoms with Crippen molar-refractivity contribution in [3.63, 3.8) is 0 Å². The molecule has 120 valence electrons. The molecule has 1 saturated carbocycles. The van der Waals surface area contributed by atoms with Gasteiger partial charge in [-0.1, -0.05) is 26.3 Å². The Morgan fingerprint density at radius 1 is 1.35 bits per heavy atom. The number of nitrogens with zero attached hydrogens (tertiary/aromatic N) is 2. The monoisotopic (exact) mass is 311 g/mol. The normalized spacial score (nSPS) is 24.6. The van der Waals surface area contributed by atoms with Gasteiger partial charge < -0.3 is 4.42 Å². The van der Waals surface area contributed by atoms with Crippen LogP contribution in [-0.4, -0.2) is 16.6 Å². The van der Waals surface area contributed by atoms with E-state index in [9.17, 15) is 4.79 Å². The van der Waals surface area contributed by atoms with Gasteiger partial charge in [-0.2, -0.15) is 5.10 Å². The van der Waals surface area contributed by atoms with Crippen LogP contribution in [0, 0.1) is 11.8 Å². The lowest BCUT2D eigenvalue weighted by molar-refractivity contribution is -0.126. The van der Waals surface area contributed by atoms with Crippen molar-refractivity contribution in [3.8, 4) is 0 Å². The summed E-state index contributed by atoms with van der Waals surface area (Å²) >= 11 is 0. The summed E-state index contributed by atoms with van der Waals surface area (Å²) in [6, 6.07) is 6.02. The van der Waals surface area contributed by atoms with Gasteiger partial charge in [-0.05, 0) is 31.4 Å². The van der Waals surface area contributed by atoms with Crippen LogP contribution in [0.15, 0.2) is 27.7 Å². The summed E-state index contributed by atoms with van der Waals surface area (Å²) in [6.45, 7) is 4.18. The van der Waals surface area contributed by atoms with Crippen LogP contribution in [0.4, 0.5) is 0 Å². The molecule has 1 aromatic carbocycles. The molecule has 2 aliphatic rings. The van der Waals surface area contributed by atoms with E-state index in [-0.39, 0.29) is 17.7 Å². The number of rotatable bonds is 4. The molecule has 1 aromatic heterocycles. The molecule has 0 spiro atoms. The zero-order valence-electron chi connectivity index (χ0n) is 13.5. The molecule has 1 N–H and O–H groups in total. The fraction of sp³-hybridized carbons (Fsp3) is 0.500. The molecule has 4 rings (SSSR count). The second kappa shape index (κ2) is 5.48. The van der Waals surface area contributed by atoms with Gasteiger partial charge in [0.05, 0.1) is 5.71 Å². The van der Waals surface area contributed by atoms with Crippen molar-refractivity contribution in [3.05, 3.63) is 29.7 Å². The third-order valence-electron chi connectivity index (χ3n) is 4.89. The lowest BCUT2D eigenvalue weighted by Crippen LogP contribution is -2.40. The van der Waals surface area contributed by atoms with Crippen molar-refractivity contribution < 1.29 is 9.21 Å². The second-order valence-corrected chi connectivity index (χ2v) is 6.67. The lowest BCUT2D eigenvalue weighted by Gasteiger charge is -2.27. The molecular formula is C18H21N3O2. The third-order valence-corrected chi connectivity index (χ3v) is 4.89. The molecule has 0 radical (unpaired) electrons. The quantitative estimate of drug-likeness (QED) is 0.938. The Morgan fingerprint density at radius 2 is 2.17 bits per heavy atom. The van der Waals surface area contributed by atoms with Gasteiger partial charge in [-0.15, -0.1) is 0 Å². The van der Waals surface area contributed by atoms with Crippen LogP contribution in [0.25, 0.3) is 11.1 Å². The van der Waals surface area contributed by atoms with Crippen molar-refractivity contribution in [2.75, 3.05) is 0 Å². The molecule has 5 heteroatoms. The number of amides is 1. The molecule has 1 aliphatic carbocycles. The summed E-state index contributed by atoms with van der Waals surface area (Å²) < 4.78 is 5.90. The number of fused-ring (bicyclic) bond motifs is 1. The highest BCUT2D eigenvalue weighted by atomic mass is 16.3. The smallest absolute Gasteiger partial charge is 0.243 e. The number of aromatic nitrogens is 1. The number of hydrogen-bond donors (Lipinski definition) is 1. The first-order valence-electron chi connectivity index (χ1n) is 8.45. The van der Waals surface area contributed by atoms with E-state index in [0.717, 1.165) is 41.1 Å². The van der Waals surface area contributed by atoms with Crippen LogP contribution in [-0.2, 0) is 4.79 Å². The Balaban J connectivity index is 1.68. The Labute approximate surface area is 135 Å². The standard InChI is InChI=1S/C18H21N3O2/c1-3-4-13-10(2)16(20-21-17(13)22)12-7-8-14-15(9-12)23-18(19-14)11-5-6-11/h7-11,13H,3-6H2,1-2H3,(H,21,22). The third kappa shape index (κ3) is 2.54. The van der Waals surface area contributed by atoms with E-state index in [1.165, 1.54) is 12.8 Å². The van der Waals surface area contributed by atoms with E-state index in [4.69, 9.17) is 4.42 Å². The molecule has 0 saturated heterocycles. The van der Waals surface area contributed by atoms with Crippen LogP contribution in [0.5, 0.6) is 0 Å². The number of carbonyl (C=O) groups excluding carboxylic acids is 1. The van der Waals surface area contributed by atoms with Crippen LogP contribution < -0.4 is 5.43 Å². The van der Waals surface area contributed by atoms with Gasteiger partial charge in [0.1, 0.15) is 5.52 Å². The summed E-state index contributed by atoms with van der Waals surface area (Å²) in [5.74, 6) is 1.48. The van der Waals surface area contributed by atoms with Gasteiger partial charge in [0.25, 0.3) is 0 Å². The highest BCUT2D eigenvalue weighted by molar-refractivity contribution is 6.07. The zero-order valence-corrected chi connectivity index (χ0v) is 13.5. The van der Waals surface area contributed by atoms with E-state index in [2.05, 4.69) is 29.4 Å². The molecule has 2 unspecified atom stereocenters. The van der Waals surface area contributed by atoms with Gasteiger partial charge in [-0.25, -0.2) is 10.4 Å². The summed E-state index contributed by atoms with van der Waals surface area (Å²) in [5.41, 5.74) is 6.32. The number of oxazole rings is 1. The highest BCUT2D eigenvalue weighted by Gasteiger charge is 2.33. The fourth-order valence-electron chi connectivity index (χ4n) is 3.34. The average molecular weight is 311 g/mol. The van der Waals surface area contributed by atoms with E-state index >= 15 is 0 Å². The molecule has 0 bridgehead atoms. The summed E-state index contributed by atoms with van der Waals surface area (Å²) in [7, 11) is 0. The van der Waals surface area contributed by atoms with Crippen LogP contribution in [0.3, 0.4) is 0 Å². The number of hydrogen-bond acceptors (Lipinski definition) is 4. The maximum atomic E-state index is 12.0. The first kappa shape index (κ1) is 14.4. The topological polar surface area (TPSA) is 67.5 Å². The van der Waals surface area contributed by atoms with E-state index in [0.29, 0.717) is 5.92 Å². The first-order valence-corrected chi connectivity index (χ1v) is 8.45. The summed E-state index contributed by atoms with van der Waals surface area (Å²) in [6.07, 6.45) is 4.21. The van der Waals surface area contributed by atoms with Crippen molar-refractivity contribution in [1.29, 1.82) is 0 Å². The van der Waals surface area contributed by atoms with Crippen molar-refractivity contribution in [2.24, 2.45) is 16.9 Å². The number of carbonyl (C=O) groups is 1. The Morgan fingerprint density at radius 3 is 2.91 bits per heavy atom. The summed E-state index contributed by atoms with van der Waals surface area (Å²) in [5, 5.41) is 4.31. The average Bonchev–Trinajstić information content (AvgIpc) is 3.30. The van der Waals surface area contributed by atoms with Crippen molar-refractivity contribution in [1.82, 2.24) is 10.4 Å². The number of nitrogens with one attached hydrogen (secondary N) is 1. The zero-order chi connectivity index (χ0) is 16.0. The Kier molecular flexibility index (Phi) is 3.43. The lowest BCUT2D eigenvalue weighted by atomic mass is 9.82. The maximum absolute atomic E-state index is 12.0. The SMILES string of the molecule is CCCC1C(=O)NN=C(c2ccc3nc(C4CC4)oc3c2)C1C. The molecule has 1 aliphatic heterocycles. The predicted molar refractivity (Wildman–Crippen MR) is 88.2 cm³/mol. The van der Waals surface area contributed by atoms with Crippen LogP contribution in [0.2, 0.25) is 0 Å². The minimum atomic E-state index is -0.0139. The Bertz CT molecular complexity index is 789. The van der Waals surface area contributed by atoms with Gasteiger partial charge in [0.15, 0.2) is 11.5 Å².